The molecular weight excluding hydrogens is 278 g/mol. The smallest absolute Gasteiger partial charge is 0.412 e. The molecule has 4 rings (SSSR count). The quantitative estimate of drug-likeness (QED) is 0.814. The number of cyclic esters (lactones) is 1. The summed E-state index contributed by atoms with van der Waals surface area (Å²) in [6, 6.07) is 19.8. The molecule has 0 spiro atoms. The number of nitrogens with zero attached hydrogens (tertiary/aromatic N) is 1. The van der Waals surface area contributed by atoms with E-state index in [-0.39, 0.29) is 18.4 Å². The van der Waals surface area contributed by atoms with Crippen molar-refractivity contribution in [3.63, 3.8) is 0 Å². The van der Waals surface area contributed by atoms with E-state index in [9.17, 15) is 4.79 Å². The van der Waals surface area contributed by atoms with Crippen LogP contribution in [-0.2, 0) is 15.1 Å². The van der Waals surface area contributed by atoms with Gasteiger partial charge in [0.1, 0.15) is 12.2 Å². The fourth-order valence-corrected chi connectivity index (χ4v) is 3.12. The molecule has 22 heavy (non-hydrogen) atoms. The van der Waals surface area contributed by atoms with Crippen LogP contribution in [0.25, 0.3) is 0 Å². The van der Waals surface area contributed by atoms with Crippen molar-refractivity contribution in [3.05, 3.63) is 71.8 Å². The summed E-state index contributed by atoms with van der Waals surface area (Å²) in [5.41, 5.74) is 1.68. The van der Waals surface area contributed by atoms with Gasteiger partial charge in [-0.05, 0) is 18.1 Å². The Balaban J connectivity index is 1.63. The molecule has 3 atom stereocenters. The molecule has 112 valence electrons. The molecule has 2 aromatic carbocycles. The maximum atomic E-state index is 12.2. The van der Waals surface area contributed by atoms with E-state index in [4.69, 9.17) is 9.47 Å². The predicted octanol–water partition coefficient (Wildman–Crippen LogP) is 3.45. The second-order valence-corrected chi connectivity index (χ2v) is 5.85. The van der Waals surface area contributed by atoms with Crippen LogP contribution in [-0.4, -0.2) is 23.8 Å². The molecule has 1 amide bonds. The number of carbonyl (C=O) groups excluding carboxylic acids is 1. The Hall–Kier alpha value is -2.33. The van der Waals surface area contributed by atoms with Crippen molar-refractivity contribution in [1.29, 1.82) is 0 Å². The number of rotatable bonds is 3. The Kier molecular flexibility index (Phi) is 2.94. The standard InChI is InChI=1S/C18H17NO3/c1-18(14-10-6-3-7-11-14)16(22-18)19-15(12-21-17(19)20)13-8-4-2-5-9-13/h2-11,15-16H,12H2,1H3/t15-,16-,18+/m1/s1. The van der Waals surface area contributed by atoms with Crippen molar-refractivity contribution in [2.45, 2.75) is 24.8 Å². The molecule has 0 N–H and O–H groups in total. The van der Waals surface area contributed by atoms with Gasteiger partial charge in [-0.15, -0.1) is 0 Å². The average Bonchev–Trinajstić information content (AvgIpc) is 3.10. The normalized spacial score (nSPS) is 30.2. The van der Waals surface area contributed by atoms with E-state index in [1.807, 2.05) is 67.6 Å². The van der Waals surface area contributed by atoms with Crippen molar-refractivity contribution in [3.8, 4) is 0 Å². The molecule has 2 saturated heterocycles. The van der Waals surface area contributed by atoms with E-state index in [2.05, 4.69) is 0 Å². The zero-order valence-corrected chi connectivity index (χ0v) is 12.3. The van der Waals surface area contributed by atoms with Gasteiger partial charge in [0.25, 0.3) is 0 Å². The van der Waals surface area contributed by atoms with Gasteiger partial charge in [-0.25, -0.2) is 4.79 Å². The number of ether oxygens (including phenoxy) is 2. The van der Waals surface area contributed by atoms with Gasteiger partial charge in [0.2, 0.25) is 0 Å². The molecule has 4 heteroatoms. The van der Waals surface area contributed by atoms with Crippen LogP contribution < -0.4 is 0 Å². The first kappa shape index (κ1) is 13.3. The molecule has 2 aliphatic rings. The molecule has 0 saturated carbocycles. The maximum absolute atomic E-state index is 12.2. The highest BCUT2D eigenvalue weighted by Gasteiger charge is 2.61. The van der Waals surface area contributed by atoms with E-state index in [0.29, 0.717) is 6.61 Å². The van der Waals surface area contributed by atoms with Crippen LogP contribution in [0.15, 0.2) is 60.7 Å². The maximum Gasteiger partial charge on any atom is 0.412 e. The van der Waals surface area contributed by atoms with Gasteiger partial charge in [-0.1, -0.05) is 60.7 Å². The fraction of sp³-hybridized carbons (Fsp3) is 0.278. The van der Waals surface area contributed by atoms with Crippen molar-refractivity contribution in [2.75, 3.05) is 6.61 Å². The number of epoxide rings is 1. The van der Waals surface area contributed by atoms with E-state index in [0.717, 1.165) is 11.1 Å². The molecular formula is C18H17NO3. The number of hydrogen-bond acceptors (Lipinski definition) is 3. The third-order valence-corrected chi connectivity index (χ3v) is 4.47. The lowest BCUT2D eigenvalue weighted by molar-refractivity contribution is 0.139. The first-order chi connectivity index (χ1) is 10.7. The number of amides is 1. The molecule has 0 aromatic heterocycles. The van der Waals surface area contributed by atoms with Gasteiger partial charge in [-0.2, -0.15) is 0 Å². The minimum atomic E-state index is -0.461. The van der Waals surface area contributed by atoms with Gasteiger partial charge in [0.15, 0.2) is 6.23 Å². The SMILES string of the molecule is C[C@@]1(c2ccccc2)O[C@H]1N1C(=O)OC[C@@H]1c1ccccc1. The first-order valence-corrected chi connectivity index (χ1v) is 7.43. The summed E-state index contributed by atoms with van der Waals surface area (Å²) in [7, 11) is 0. The lowest BCUT2D eigenvalue weighted by Crippen LogP contribution is -2.33. The summed E-state index contributed by atoms with van der Waals surface area (Å²) < 4.78 is 11.2. The molecule has 4 nitrogen and oxygen atoms in total. The molecule has 0 bridgehead atoms. The summed E-state index contributed by atoms with van der Waals surface area (Å²) in [5.74, 6) is 0. The van der Waals surface area contributed by atoms with Crippen LogP contribution in [0.3, 0.4) is 0 Å². The number of carbonyl (C=O) groups is 1. The van der Waals surface area contributed by atoms with Crippen LogP contribution in [0.1, 0.15) is 24.1 Å². The van der Waals surface area contributed by atoms with Crippen LogP contribution in [0.2, 0.25) is 0 Å². The molecule has 0 radical (unpaired) electrons. The third kappa shape index (κ3) is 1.99. The lowest BCUT2D eigenvalue weighted by atomic mass is 9.98. The minimum absolute atomic E-state index is 0.0933. The Morgan fingerprint density at radius 2 is 1.68 bits per heavy atom. The molecule has 0 aliphatic carbocycles. The molecule has 2 heterocycles. The number of hydrogen-bond donors (Lipinski definition) is 0. The largest absolute Gasteiger partial charge is 0.447 e. The van der Waals surface area contributed by atoms with Crippen molar-refractivity contribution in [2.24, 2.45) is 0 Å². The summed E-state index contributed by atoms with van der Waals surface area (Å²) in [6.07, 6.45) is -0.589. The van der Waals surface area contributed by atoms with Crippen molar-refractivity contribution >= 4 is 6.09 Å². The summed E-state index contributed by atoms with van der Waals surface area (Å²) in [6.45, 7) is 2.38. The second kappa shape index (κ2) is 4.85. The first-order valence-electron chi connectivity index (χ1n) is 7.43. The predicted molar refractivity (Wildman–Crippen MR) is 81.0 cm³/mol. The molecule has 2 fully saturated rings. The van der Waals surface area contributed by atoms with E-state index >= 15 is 0 Å². The van der Waals surface area contributed by atoms with E-state index in [1.54, 1.807) is 4.90 Å². The van der Waals surface area contributed by atoms with Crippen molar-refractivity contribution in [1.82, 2.24) is 4.90 Å². The lowest BCUT2D eigenvalue weighted by Gasteiger charge is -2.21. The van der Waals surface area contributed by atoms with Gasteiger partial charge >= 0.3 is 6.09 Å². The summed E-state index contributed by atoms with van der Waals surface area (Å²) >= 11 is 0. The van der Waals surface area contributed by atoms with Gasteiger partial charge < -0.3 is 9.47 Å². The monoisotopic (exact) mass is 295 g/mol. The Morgan fingerprint density at radius 3 is 2.36 bits per heavy atom. The number of benzene rings is 2. The highest BCUT2D eigenvalue weighted by molar-refractivity contribution is 5.71. The fourth-order valence-electron chi connectivity index (χ4n) is 3.12. The Labute approximate surface area is 129 Å². The van der Waals surface area contributed by atoms with Gasteiger partial charge in [-0.3, -0.25) is 4.90 Å². The average molecular weight is 295 g/mol. The molecule has 0 unspecified atom stereocenters. The van der Waals surface area contributed by atoms with Gasteiger partial charge in [0, 0.05) is 0 Å². The van der Waals surface area contributed by atoms with E-state index < -0.39 is 5.60 Å². The summed E-state index contributed by atoms with van der Waals surface area (Å²) in [5, 5.41) is 0. The molecule has 2 aromatic rings. The van der Waals surface area contributed by atoms with Crippen LogP contribution in [0.4, 0.5) is 4.79 Å². The van der Waals surface area contributed by atoms with Crippen LogP contribution >= 0.6 is 0 Å². The minimum Gasteiger partial charge on any atom is -0.447 e. The highest BCUT2D eigenvalue weighted by atomic mass is 16.7. The van der Waals surface area contributed by atoms with E-state index in [1.165, 1.54) is 0 Å². The van der Waals surface area contributed by atoms with Crippen LogP contribution in [0, 0.1) is 0 Å². The summed E-state index contributed by atoms with van der Waals surface area (Å²) in [4.78, 5) is 13.9. The van der Waals surface area contributed by atoms with Gasteiger partial charge in [0.05, 0.1) is 6.04 Å². The van der Waals surface area contributed by atoms with Crippen molar-refractivity contribution < 1.29 is 14.3 Å². The van der Waals surface area contributed by atoms with Crippen LogP contribution in [0.5, 0.6) is 0 Å². The Morgan fingerprint density at radius 1 is 1.05 bits per heavy atom. The molecule has 2 aliphatic heterocycles. The Bertz CT molecular complexity index is 688. The zero-order chi connectivity index (χ0) is 15.2. The topological polar surface area (TPSA) is 42.1 Å². The third-order valence-electron chi connectivity index (χ3n) is 4.47. The zero-order valence-electron chi connectivity index (χ0n) is 12.3. The highest BCUT2D eigenvalue weighted by Crippen LogP contribution is 2.51. The second-order valence-electron chi connectivity index (χ2n) is 5.85.